The number of nitrogens with one attached hydrogen (secondary N) is 2. The first-order valence-corrected chi connectivity index (χ1v) is 14.1. The van der Waals surface area contributed by atoms with Crippen molar-refractivity contribution in [3.8, 4) is 11.5 Å². The second-order valence-electron chi connectivity index (χ2n) is 9.62. The molecule has 36 heavy (non-hydrogen) atoms. The Hall–Kier alpha value is -3.01. The minimum Gasteiger partial charge on any atom is -0.445 e. The Labute approximate surface area is 212 Å². The zero-order valence-corrected chi connectivity index (χ0v) is 21.0. The van der Waals surface area contributed by atoms with Crippen molar-refractivity contribution in [2.24, 2.45) is 5.92 Å². The third-order valence-electron chi connectivity index (χ3n) is 7.22. The smallest absolute Gasteiger partial charge is 0.240 e. The van der Waals surface area contributed by atoms with E-state index in [-0.39, 0.29) is 28.8 Å². The first kappa shape index (κ1) is 24.7. The number of rotatable bonds is 7. The Morgan fingerprint density at radius 1 is 1.06 bits per heavy atom. The van der Waals surface area contributed by atoms with Gasteiger partial charge in [-0.15, -0.1) is 0 Å². The van der Waals surface area contributed by atoms with Crippen molar-refractivity contribution in [2.45, 2.75) is 49.1 Å². The first-order chi connectivity index (χ1) is 17.5. The molecular formula is C27H32N4O4S. The molecule has 1 aliphatic heterocycles. The number of hydrogen-bond acceptors (Lipinski definition) is 6. The number of carbonyl (C=O) groups is 1. The molecule has 2 aliphatic rings. The number of sulfonamides is 1. The molecule has 1 saturated carbocycles. The Balaban J connectivity index is 1.14. The highest BCUT2D eigenvalue weighted by atomic mass is 32.2. The van der Waals surface area contributed by atoms with Gasteiger partial charge in [-0.1, -0.05) is 30.3 Å². The standard InChI is InChI=1S/C27H32N4O4S/c32-26(31-16-14-28-19-25(31)21-4-2-1-3-5-21)18-20-6-10-23(11-7-20)30-36(33,34)24-12-8-22(9-13-24)27-29-15-17-35-27/h1-5,8-9,12-13,15,17,20,23,25,28,30H,6-7,10-11,14,16,18-19H2. The molecule has 1 atom stereocenters. The highest BCUT2D eigenvalue weighted by Crippen LogP contribution is 2.31. The van der Waals surface area contributed by atoms with Gasteiger partial charge in [0.2, 0.25) is 21.8 Å². The second-order valence-corrected chi connectivity index (χ2v) is 11.3. The molecule has 8 nitrogen and oxygen atoms in total. The van der Waals surface area contributed by atoms with Gasteiger partial charge < -0.3 is 14.6 Å². The van der Waals surface area contributed by atoms with Crippen molar-refractivity contribution < 1.29 is 17.6 Å². The highest BCUT2D eigenvalue weighted by molar-refractivity contribution is 7.89. The van der Waals surface area contributed by atoms with Crippen LogP contribution in [-0.2, 0) is 14.8 Å². The maximum absolute atomic E-state index is 13.2. The number of aromatic nitrogens is 1. The Morgan fingerprint density at radius 3 is 2.50 bits per heavy atom. The predicted molar refractivity (Wildman–Crippen MR) is 136 cm³/mol. The summed E-state index contributed by atoms with van der Waals surface area (Å²) in [6, 6.07) is 16.7. The average molecular weight is 509 g/mol. The van der Waals surface area contributed by atoms with Crippen LogP contribution < -0.4 is 10.0 Å². The van der Waals surface area contributed by atoms with E-state index in [0.717, 1.165) is 49.9 Å². The Morgan fingerprint density at radius 2 is 1.81 bits per heavy atom. The summed E-state index contributed by atoms with van der Waals surface area (Å²) in [5, 5.41) is 3.41. The lowest BCUT2D eigenvalue weighted by Gasteiger charge is -2.38. The van der Waals surface area contributed by atoms with E-state index in [9.17, 15) is 13.2 Å². The summed E-state index contributed by atoms with van der Waals surface area (Å²) >= 11 is 0. The summed E-state index contributed by atoms with van der Waals surface area (Å²) in [4.78, 5) is 19.6. The van der Waals surface area contributed by atoms with Crippen LogP contribution in [0.15, 0.2) is 76.4 Å². The summed E-state index contributed by atoms with van der Waals surface area (Å²) in [7, 11) is -3.62. The fourth-order valence-electron chi connectivity index (χ4n) is 5.25. The topological polar surface area (TPSA) is 105 Å². The minimum absolute atomic E-state index is 0.0607. The fourth-order valence-corrected chi connectivity index (χ4v) is 6.56. The number of nitrogens with zero attached hydrogens (tertiary/aromatic N) is 2. The van der Waals surface area contributed by atoms with Crippen molar-refractivity contribution in [1.29, 1.82) is 0 Å². The van der Waals surface area contributed by atoms with Crippen LogP contribution in [0, 0.1) is 5.92 Å². The highest BCUT2D eigenvalue weighted by Gasteiger charge is 2.31. The van der Waals surface area contributed by atoms with E-state index < -0.39 is 10.0 Å². The molecule has 1 amide bonds. The molecule has 0 bridgehead atoms. The van der Waals surface area contributed by atoms with Crippen LogP contribution >= 0.6 is 0 Å². The molecule has 1 aromatic heterocycles. The maximum Gasteiger partial charge on any atom is 0.240 e. The number of hydrogen-bond donors (Lipinski definition) is 2. The number of oxazole rings is 1. The summed E-state index contributed by atoms with van der Waals surface area (Å²) in [6.07, 6.45) is 6.69. The first-order valence-electron chi connectivity index (χ1n) is 12.6. The average Bonchev–Trinajstić information content (AvgIpc) is 3.45. The van der Waals surface area contributed by atoms with Crippen LogP contribution in [0.2, 0.25) is 0 Å². The number of amides is 1. The van der Waals surface area contributed by atoms with Gasteiger partial charge in [-0.3, -0.25) is 4.79 Å². The van der Waals surface area contributed by atoms with Crippen molar-refractivity contribution in [3.63, 3.8) is 0 Å². The molecule has 1 saturated heterocycles. The van der Waals surface area contributed by atoms with E-state index >= 15 is 0 Å². The van der Waals surface area contributed by atoms with Crippen molar-refractivity contribution >= 4 is 15.9 Å². The minimum atomic E-state index is -3.62. The Bertz CT molecular complexity index is 1240. The third kappa shape index (κ3) is 5.69. The van der Waals surface area contributed by atoms with E-state index in [4.69, 9.17) is 4.42 Å². The third-order valence-corrected chi connectivity index (χ3v) is 8.76. The van der Waals surface area contributed by atoms with Gasteiger partial charge in [-0.25, -0.2) is 18.1 Å². The maximum atomic E-state index is 13.2. The molecule has 3 aromatic rings. The van der Waals surface area contributed by atoms with Crippen LogP contribution in [-0.4, -0.2) is 49.9 Å². The quantitative estimate of drug-likeness (QED) is 0.504. The lowest BCUT2D eigenvalue weighted by Crippen LogP contribution is -2.49. The lowest BCUT2D eigenvalue weighted by molar-refractivity contribution is -0.135. The van der Waals surface area contributed by atoms with Gasteiger partial charge in [0.05, 0.1) is 17.1 Å². The van der Waals surface area contributed by atoms with E-state index in [2.05, 4.69) is 27.2 Å². The van der Waals surface area contributed by atoms with Gasteiger partial charge in [0.15, 0.2) is 0 Å². The number of piperazine rings is 1. The van der Waals surface area contributed by atoms with E-state index in [0.29, 0.717) is 18.9 Å². The monoisotopic (exact) mass is 508 g/mol. The number of carbonyl (C=O) groups excluding carboxylic acids is 1. The second kappa shape index (κ2) is 10.9. The largest absolute Gasteiger partial charge is 0.445 e. The van der Waals surface area contributed by atoms with Gasteiger partial charge >= 0.3 is 0 Å². The van der Waals surface area contributed by atoms with E-state index in [1.807, 2.05) is 23.1 Å². The summed E-state index contributed by atoms with van der Waals surface area (Å²) in [5.41, 5.74) is 1.88. The SMILES string of the molecule is O=C(CC1CCC(NS(=O)(=O)c2ccc(-c3ncco3)cc2)CC1)N1CCNCC1c1ccccc1. The van der Waals surface area contributed by atoms with Gasteiger partial charge in [0.1, 0.15) is 6.26 Å². The zero-order chi connectivity index (χ0) is 25.0. The molecule has 9 heteroatoms. The van der Waals surface area contributed by atoms with Crippen molar-refractivity contribution in [3.05, 3.63) is 72.6 Å². The molecule has 5 rings (SSSR count). The van der Waals surface area contributed by atoms with E-state index in [1.165, 1.54) is 6.26 Å². The van der Waals surface area contributed by atoms with Gasteiger partial charge in [-0.05, 0) is 61.4 Å². The molecule has 0 spiro atoms. The summed E-state index contributed by atoms with van der Waals surface area (Å²) < 4.78 is 34.0. The molecule has 2 heterocycles. The molecule has 1 unspecified atom stereocenters. The molecule has 2 N–H and O–H groups in total. The van der Waals surface area contributed by atoms with Crippen LogP contribution in [0.5, 0.6) is 0 Å². The van der Waals surface area contributed by atoms with Gasteiger partial charge in [-0.2, -0.15) is 0 Å². The zero-order valence-electron chi connectivity index (χ0n) is 20.2. The molecule has 0 radical (unpaired) electrons. The lowest BCUT2D eigenvalue weighted by atomic mass is 9.84. The Kier molecular flexibility index (Phi) is 7.50. The van der Waals surface area contributed by atoms with Crippen LogP contribution in [0.25, 0.3) is 11.5 Å². The molecule has 190 valence electrons. The van der Waals surface area contributed by atoms with Crippen molar-refractivity contribution in [1.82, 2.24) is 19.9 Å². The van der Waals surface area contributed by atoms with Gasteiger partial charge in [0, 0.05) is 37.7 Å². The van der Waals surface area contributed by atoms with Crippen LogP contribution in [0.4, 0.5) is 0 Å². The fraction of sp³-hybridized carbons (Fsp3) is 0.407. The molecular weight excluding hydrogens is 476 g/mol. The normalized spacial score (nSPS) is 22.9. The summed E-state index contributed by atoms with van der Waals surface area (Å²) in [6.45, 7) is 2.29. The van der Waals surface area contributed by atoms with Crippen LogP contribution in [0.3, 0.4) is 0 Å². The number of benzene rings is 2. The molecule has 2 aromatic carbocycles. The van der Waals surface area contributed by atoms with Crippen LogP contribution in [0.1, 0.15) is 43.7 Å². The summed E-state index contributed by atoms with van der Waals surface area (Å²) in [5.74, 6) is 0.931. The molecule has 1 aliphatic carbocycles. The molecule has 2 fully saturated rings. The van der Waals surface area contributed by atoms with Gasteiger partial charge in [0.25, 0.3) is 0 Å². The van der Waals surface area contributed by atoms with E-state index in [1.54, 1.807) is 30.5 Å². The van der Waals surface area contributed by atoms with Crippen molar-refractivity contribution in [2.75, 3.05) is 19.6 Å². The predicted octanol–water partition coefficient (Wildman–Crippen LogP) is 3.74.